The maximum Gasteiger partial charge on any atom is 0.472 e. The predicted molar refractivity (Wildman–Crippen MR) is 357 cm³/mol. The van der Waals surface area contributed by atoms with Crippen molar-refractivity contribution in [2.24, 2.45) is 5.73 Å². The van der Waals surface area contributed by atoms with E-state index in [-0.39, 0.29) is 38.6 Å². The summed E-state index contributed by atoms with van der Waals surface area (Å²) in [5, 5.41) is 0. The molecule has 0 aliphatic carbocycles. The highest BCUT2D eigenvalue weighted by atomic mass is 31.2. The molecule has 0 saturated heterocycles. The lowest BCUT2D eigenvalue weighted by atomic mass is 10.0. The lowest BCUT2D eigenvalue weighted by Crippen LogP contribution is -2.29. The molecular formula is C73H124NO8P. The minimum Gasteiger partial charge on any atom is -0.462 e. The molecule has 0 aliphatic heterocycles. The summed E-state index contributed by atoms with van der Waals surface area (Å²) in [6.07, 6.45) is 95.4. The number of hydrogen-bond donors (Lipinski definition) is 2. The molecule has 0 spiro atoms. The number of ether oxygens (including phenoxy) is 2. The molecule has 0 aromatic rings. The van der Waals surface area contributed by atoms with E-state index in [0.29, 0.717) is 6.42 Å². The molecule has 0 aromatic carbocycles. The number of carbonyl (C=O) groups is 2. The van der Waals surface area contributed by atoms with Gasteiger partial charge in [0.05, 0.1) is 13.2 Å². The third-order valence-corrected chi connectivity index (χ3v) is 15.0. The zero-order valence-electron chi connectivity index (χ0n) is 53.1. The standard InChI is InChI=1S/C73H124NO8P/c1-3-5-7-9-11-13-15-17-19-21-23-25-26-27-28-29-30-31-32-33-34-35-36-37-38-39-40-41-42-43-44-46-48-50-52-54-56-58-60-62-64-66-73(76)82-71(70-81-83(77,78)80-68-67-74)69-79-72(75)65-63-61-59-57-55-53-51-49-47-45-24-22-20-18-16-14-12-10-8-6-4-2/h5-8,11-14,17-20,23-25,27-28,30-31,33-34,45,71H,3-4,9-10,15-16,21-22,26,29,32,35-44,46-70,74H2,1-2H3,(H,77,78)/b7-5-,8-6-,13-11-,14-12-,19-17-,20-18-,25-23-,28-27-,31-30-,34-33-,45-24-. The Morgan fingerprint density at radius 1 is 0.361 bits per heavy atom. The molecule has 0 aliphatic rings. The Labute approximate surface area is 510 Å². The molecule has 0 saturated carbocycles. The van der Waals surface area contributed by atoms with Crippen LogP contribution in [0.1, 0.15) is 284 Å². The number of esters is 2. The summed E-state index contributed by atoms with van der Waals surface area (Å²) in [6, 6.07) is 0. The van der Waals surface area contributed by atoms with Crippen molar-refractivity contribution in [2.75, 3.05) is 26.4 Å². The molecule has 2 atom stereocenters. The topological polar surface area (TPSA) is 134 Å². The van der Waals surface area contributed by atoms with Crippen molar-refractivity contribution in [2.45, 2.75) is 290 Å². The van der Waals surface area contributed by atoms with Gasteiger partial charge < -0.3 is 20.1 Å². The van der Waals surface area contributed by atoms with Gasteiger partial charge in [-0.1, -0.05) is 295 Å². The van der Waals surface area contributed by atoms with E-state index in [1.165, 1.54) is 128 Å². The molecule has 83 heavy (non-hydrogen) atoms. The van der Waals surface area contributed by atoms with Crippen molar-refractivity contribution in [1.29, 1.82) is 0 Å². The van der Waals surface area contributed by atoms with E-state index in [0.717, 1.165) is 122 Å². The van der Waals surface area contributed by atoms with Crippen LogP contribution in [0.3, 0.4) is 0 Å². The first-order valence-electron chi connectivity index (χ1n) is 33.7. The van der Waals surface area contributed by atoms with Gasteiger partial charge in [-0.2, -0.15) is 0 Å². The molecule has 2 unspecified atom stereocenters. The molecule has 0 amide bonds. The van der Waals surface area contributed by atoms with E-state index in [4.69, 9.17) is 24.3 Å². The Bertz CT molecular complexity index is 1820. The molecular weight excluding hydrogens is 1050 g/mol. The average Bonchev–Trinajstić information content (AvgIpc) is 3.49. The zero-order chi connectivity index (χ0) is 60.1. The summed E-state index contributed by atoms with van der Waals surface area (Å²) < 4.78 is 33.1. The van der Waals surface area contributed by atoms with Gasteiger partial charge in [0.1, 0.15) is 6.61 Å². The molecule has 10 heteroatoms. The van der Waals surface area contributed by atoms with Crippen LogP contribution in [-0.2, 0) is 32.7 Å². The van der Waals surface area contributed by atoms with Gasteiger partial charge in [0.15, 0.2) is 6.10 Å². The Morgan fingerprint density at radius 3 is 0.928 bits per heavy atom. The van der Waals surface area contributed by atoms with Gasteiger partial charge in [0, 0.05) is 19.4 Å². The summed E-state index contributed by atoms with van der Waals surface area (Å²) in [5.41, 5.74) is 5.39. The van der Waals surface area contributed by atoms with E-state index >= 15 is 0 Å². The molecule has 0 bridgehead atoms. The van der Waals surface area contributed by atoms with Crippen LogP contribution < -0.4 is 5.73 Å². The number of rotatable bonds is 62. The highest BCUT2D eigenvalue weighted by Gasteiger charge is 2.26. The van der Waals surface area contributed by atoms with E-state index < -0.39 is 26.5 Å². The van der Waals surface area contributed by atoms with Gasteiger partial charge in [0.25, 0.3) is 0 Å². The summed E-state index contributed by atoms with van der Waals surface area (Å²) in [7, 11) is -4.40. The van der Waals surface area contributed by atoms with Crippen molar-refractivity contribution in [3.63, 3.8) is 0 Å². The Kier molecular flexibility index (Phi) is 64.2. The van der Waals surface area contributed by atoms with Crippen molar-refractivity contribution >= 4 is 19.8 Å². The Morgan fingerprint density at radius 2 is 0.627 bits per heavy atom. The fourth-order valence-corrected chi connectivity index (χ4v) is 9.90. The predicted octanol–water partition coefficient (Wildman–Crippen LogP) is 22.1. The second-order valence-electron chi connectivity index (χ2n) is 21.9. The second-order valence-corrected chi connectivity index (χ2v) is 23.4. The van der Waals surface area contributed by atoms with E-state index in [1.807, 2.05) is 0 Å². The summed E-state index contributed by atoms with van der Waals surface area (Å²) in [4.78, 5) is 35.3. The SMILES string of the molecule is CC/C=C\C/C=C\C/C=C\C/C=C\C/C=C\C/C=C\C/C=C\CCCCCCCCCCCCCCCCCCCCCC(=O)OC(COC(=O)CCCCCCCCCC/C=C\C/C=C\C/C=C\C/C=C\CC)COP(=O)(O)OCCN. The maximum atomic E-state index is 12.8. The average molecular weight is 1170 g/mol. The number of carbonyl (C=O) groups excluding carboxylic acids is 2. The van der Waals surface area contributed by atoms with Crippen LogP contribution in [0.15, 0.2) is 134 Å². The van der Waals surface area contributed by atoms with Crippen molar-refractivity contribution in [3.05, 3.63) is 134 Å². The fraction of sp³-hybridized carbons (Fsp3) is 0.671. The van der Waals surface area contributed by atoms with Crippen LogP contribution in [0, 0.1) is 0 Å². The molecule has 0 rings (SSSR count). The van der Waals surface area contributed by atoms with Crippen LogP contribution in [0.2, 0.25) is 0 Å². The van der Waals surface area contributed by atoms with E-state index in [9.17, 15) is 19.0 Å². The van der Waals surface area contributed by atoms with Crippen LogP contribution >= 0.6 is 7.82 Å². The minimum atomic E-state index is -4.40. The number of phosphoric ester groups is 1. The van der Waals surface area contributed by atoms with Crippen LogP contribution in [0.4, 0.5) is 0 Å². The first kappa shape index (κ1) is 79.2. The first-order chi connectivity index (χ1) is 40.8. The van der Waals surface area contributed by atoms with Crippen molar-refractivity contribution in [3.8, 4) is 0 Å². The van der Waals surface area contributed by atoms with Gasteiger partial charge in [-0.15, -0.1) is 0 Å². The highest BCUT2D eigenvalue weighted by Crippen LogP contribution is 2.43. The molecule has 3 N–H and O–H groups in total. The minimum absolute atomic E-state index is 0.0480. The monoisotopic (exact) mass is 1170 g/mol. The second kappa shape index (κ2) is 67.3. The smallest absolute Gasteiger partial charge is 0.462 e. The fourth-order valence-electron chi connectivity index (χ4n) is 9.14. The van der Waals surface area contributed by atoms with Crippen LogP contribution in [0.5, 0.6) is 0 Å². The lowest BCUT2D eigenvalue weighted by Gasteiger charge is -2.19. The Balaban J connectivity index is 3.86. The largest absolute Gasteiger partial charge is 0.472 e. The molecule has 0 fully saturated rings. The van der Waals surface area contributed by atoms with E-state index in [1.54, 1.807) is 0 Å². The van der Waals surface area contributed by atoms with E-state index in [2.05, 4.69) is 148 Å². The van der Waals surface area contributed by atoms with Crippen molar-refractivity contribution in [1.82, 2.24) is 0 Å². The third-order valence-electron chi connectivity index (χ3n) is 14.0. The zero-order valence-corrected chi connectivity index (χ0v) is 54.0. The molecule has 474 valence electrons. The van der Waals surface area contributed by atoms with Gasteiger partial charge >= 0.3 is 19.8 Å². The third kappa shape index (κ3) is 67.2. The number of nitrogens with two attached hydrogens (primary N) is 1. The number of hydrogen-bond acceptors (Lipinski definition) is 8. The molecule has 0 aromatic heterocycles. The van der Waals surface area contributed by atoms with Crippen LogP contribution in [-0.4, -0.2) is 49.3 Å². The maximum absolute atomic E-state index is 12.8. The van der Waals surface area contributed by atoms with Gasteiger partial charge in [0.2, 0.25) is 0 Å². The molecule has 0 heterocycles. The van der Waals surface area contributed by atoms with Crippen LogP contribution in [0.25, 0.3) is 0 Å². The Hall–Kier alpha value is -3.85. The molecule has 9 nitrogen and oxygen atoms in total. The number of allylic oxidation sites excluding steroid dienone is 22. The lowest BCUT2D eigenvalue weighted by molar-refractivity contribution is -0.161. The summed E-state index contributed by atoms with van der Waals surface area (Å²) in [6.45, 7) is 3.52. The van der Waals surface area contributed by atoms with Gasteiger partial charge in [-0.25, -0.2) is 4.57 Å². The first-order valence-corrected chi connectivity index (χ1v) is 35.2. The van der Waals surface area contributed by atoms with Crippen molar-refractivity contribution < 1.29 is 37.6 Å². The normalized spacial score (nSPS) is 13.8. The molecule has 0 radical (unpaired) electrons. The van der Waals surface area contributed by atoms with Gasteiger partial charge in [-0.3, -0.25) is 18.6 Å². The summed E-state index contributed by atoms with van der Waals surface area (Å²) >= 11 is 0. The quantitative estimate of drug-likeness (QED) is 0.0264. The summed E-state index contributed by atoms with van der Waals surface area (Å²) in [5.74, 6) is -0.835. The number of phosphoric acid groups is 1. The highest BCUT2D eigenvalue weighted by molar-refractivity contribution is 7.47. The number of unbranched alkanes of at least 4 members (excludes halogenated alkanes) is 27. The van der Waals surface area contributed by atoms with Gasteiger partial charge in [-0.05, 0) is 109 Å².